The summed E-state index contributed by atoms with van der Waals surface area (Å²) in [4.78, 5) is 4.75. The van der Waals surface area contributed by atoms with Gasteiger partial charge in [-0.3, -0.25) is 0 Å². The van der Waals surface area contributed by atoms with Crippen LogP contribution in [0.2, 0.25) is 0 Å². The normalized spacial score (nSPS) is 30.0. The number of hydrogen-bond donors (Lipinski definition) is 1. The summed E-state index contributed by atoms with van der Waals surface area (Å²) in [6.07, 6.45) is 2.51. The molecule has 1 aliphatic heterocycles. The predicted octanol–water partition coefficient (Wildman–Crippen LogP) is 1.01. The van der Waals surface area contributed by atoms with Gasteiger partial charge >= 0.3 is 0 Å². The average molecular weight is 213 g/mol. The molecule has 0 radical (unpaired) electrons. The smallest absolute Gasteiger partial charge is 0.0212 e. The van der Waals surface area contributed by atoms with Crippen LogP contribution in [0.25, 0.3) is 0 Å². The molecule has 0 amide bonds. The lowest BCUT2D eigenvalue weighted by molar-refractivity contribution is 0.266. The number of rotatable bonds is 5. The molecule has 3 heteroatoms. The lowest BCUT2D eigenvalue weighted by Crippen LogP contribution is -2.42. The highest BCUT2D eigenvalue weighted by Gasteiger charge is 2.26. The van der Waals surface area contributed by atoms with E-state index in [4.69, 9.17) is 0 Å². The number of hydrogen-bond acceptors (Lipinski definition) is 3. The summed E-state index contributed by atoms with van der Waals surface area (Å²) in [7, 11) is 6.55. The minimum absolute atomic E-state index is 0.672. The van der Waals surface area contributed by atoms with Crippen molar-refractivity contribution in [1.82, 2.24) is 15.1 Å². The fourth-order valence-corrected chi connectivity index (χ4v) is 2.34. The van der Waals surface area contributed by atoms with Gasteiger partial charge in [-0.15, -0.1) is 0 Å². The molecule has 1 heterocycles. The lowest BCUT2D eigenvalue weighted by Gasteiger charge is -2.25. The Bertz CT molecular complexity index is 172. The Labute approximate surface area is 94.8 Å². The number of likely N-dealkylation sites (tertiary alicyclic amines) is 1. The van der Waals surface area contributed by atoms with Gasteiger partial charge in [0, 0.05) is 31.2 Å². The zero-order chi connectivity index (χ0) is 11.4. The molecule has 3 nitrogen and oxygen atoms in total. The third-order valence-electron chi connectivity index (χ3n) is 3.73. The van der Waals surface area contributed by atoms with E-state index in [0.29, 0.717) is 12.1 Å². The van der Waals surface area contributed by atoms with Gasteiger partial charge in [-0.1, -0.05) is 6.92 Å². The molecule has 0 aromatic rings. The van der Waals surface area contributed by atoms with Gasteiger partial charge < -0.3 is 15.1 Å². The highest BCUT2D eigenvalue weighted by molar-refractivity contribution is 4.86. The SMILES string of the molecule is CCC(CNC1CC(C)N(C)C1)N(C)C. The van der Waals surface area contributed by atoms with E-state index < -0.39 is 0 Å². The summed E-state index contributed by atoms with van der Waals surface area (Å²) in [5.41, 5.74) is 0. The average Bonchev–Trinajstić information content (AvgIpc) is 2.47. The molecule has 3 atom stereocenters. The van der Waals surface area contributed by atoms with Crippen molar-refractivity contribution in [2.24, 2.45) is 0 Å². The number of likely N-dealkylation sites (N-methyl/N-ethyl adjacent to an activating group) is 2. The largest absolute Gasteiger partial charge is 0.311 e. The van der Waals surface area contributed by atoms with Crippen molar-refractivity contribution >= 4 is 0 Å². The van der Waals surface area contributed by atoms with E-state index in [1.54, 1.807) is 0 Å². The molecule has 3 unspecified atom stereocenters. The lowest BCUT2D eigenvalue weighted by atomic mass is 10.1. The van der Waals surface area contributed by atoms with Crippen LogP contribution in [0.3, 0.4) is 0 Å². The van der Waals surface area contributed by atoms with Crippen LogP contribution in [-0.2, 0) is 0 Å². The minimum Gasteiger partial charge on any atom is -0.311 e. The third-order valence-corrected chi connectivity index (χ3v) is 3.73. The van der Waals surface area contributed by atoms with E-state index in [1.807, 2.05) is 0 Å². The maximum Gasteiger partial charge on any atom is 0.0212 e. The molecule has 1 saturated heterocycles. The number of nitrogens with one attached hydrogen (secondary N) is 1. The molecule has 1 aliphatic rings. The first-order chi connectivity index (χ1) is 7.04. The van der Waals surface area contributed by atoms with Crippen molar-refractivity contribution in [1.29, 1.82) is 0 Å². The number of nitrogens with zero attached hydrogens (tertiary/aromatic N) is 2. The molecule has 1 N–H and O–H groups in total. The summed E-state index contributed by atoms with van der Waals surface area (Å²) in [5.74, 6) is 0. The van der Waals surface area contributed by atoms with E-state index in [-0.39, 0.29) is 0 Å². The molecule has 90 valence electrons. The second-order valence-electron chi connectivity index (χ2n) is 5.16. The fraction of sp³-hybridized carbons (Fsp3) is 1.00. The topological polar surface area (TPSA) is 18.5 Å². The molecule has 0 bridgehead atoms. The quantitative estimate of drug-likeness (QED) is 0.735. The second-order valence-corrected chi connectivity index (χ2v) is 5.16. The van der Waals surface area contributed by atoms with Crippen LogP contribution < -0.4 is 5.32 Å². The van der Waals surface area contributed by atoms with Crippen LogP contribution in [0.5, 0.6) is 0 Å². The second kappa shape index (κ2) is 5.83. The Morgan fingerprint density at radius 1 is 1.47 bits per heavy atom. The zero-order valence-electron chi connectivity index (χ0n) is 11.0. The van der Waals surface area contributed by atoms with Gasteiger partial charge in [-0.25, -0.2) is 0 Å². The maximum atomic E-state index is 3.69. The van der Waals surface area contributed by atoms with Crippen molar-refractivity contribution in [3.05, 3.63) is 0 Å². The summed E-state index contributed by atoms with van der Waals surface area (Å²) in [6, 6.07) is 2.10. The maximum absolute atomic E-state index is 3.69. The van der Waals surface area contributed by atoms with Crippen molar-refractivity contribution in [3.8, 4) is 0 Å². The van der Waals surface area contributed by atoms with Gasteiger partial charge in [-0.05, 0) is 40.9 Å². The molecule has 0 aromatic carbocycles. The Kier molecular flexibility index (Phi) is 5.03. The Hall–Kier alpha value is -0.120. The first-order valence-corrected chi connectivity index (χ1v) is 6.14. The van der Waals surface area contributed by atoms with Gasteiger partial charge in [0.25, 0.3) is 0 Å². The Morgan fingerprint density at radius 2 is 2.13 bits per heavy atom. The van der Waals surface area contributed by atoms with Crippen molar-refractivity contribution in [2.75, 3.05) is 34.2 Å². The van der Waals surface area contributed by atoms with Gasteiger partial charge in [0.05, 0.1) is 0 Å². The van der Waals surface area contributed by atoms with Crippen LogP contribution in [0.4, 0.5) is 0 Å². The molecule has 0 aromatic heterocycles. The van der Waals surface area contributed by atoms with Crippen molar-refractivity contribution < 1.29 is 0 Å². The molecule has 1 fully saturated rings. The third kappa shape index (κ3) is 3.74. The van der Waals surface area contributed by atoms with Crippen LogP contribution in [0.15, 0.2) is 0 Å². The molecule has 0 saturated carbocycles. The highest BCUT2D eigenvalue weighted by Crippen LogP contribution is 2.14. The first kappa shape index (κ1) is 12.9. The van der Waals surface area contributed by atoms with Gasteiger partial charge in [0.2, 0.25) is 0 Å². The summed E-state index contributed by atoms with van der Waals surface area (Å²) >= 11 is 0. The molecule has 0 aliphatic carbocycles. The molecule has 1 rings (SSSR count). The van der Waals surface area contributed by atoms with Crippen LogP contribution >= 0.6 is 0 Å². The highest BCUT2D eigenvalue weighted by atomic mass is 15.2. The Balaban J connectivity index is 2.25. The first-order valence-electron chi connectivity index (χ1n) is 6.14. The van der Waals surface area contributed by atoms with Crippen molar-refractivity contribution in [3.63, 3.8) is 0 Å². The van der Waals surface area contributed by atoms with Crippen LogP contribution in [0, 0.1) is 0 Å². The fourth-order valence-electron chi connectivity index (χ4n) is 2.34. The van der Waals surface area contributed by atoms with Gasteiger partial charge in [0.15, 0.2) is 0 Å². The monoisotopic (exact) mass is 213 g/mol. The van der Waals surface area contributed by atoms with Gasteiger partial charge in [0.1, 0.15) is 0 Å². The van der Waals surface area contributed by atoms with E-state index in [9.17, 15) is 0 Å². The minimum atomic E-state index is 0.672. The van der Waals surface area contributed by atoms with E-state index in [1.165, 1.54) is 19.4 Å². The summed E-state index contributed by atoms with van der Waals surface area (Å²) in [6.45, 7) is 6.89. The molecule has 0 spiro atoms. The van der Waals surface area contributed by atoms with Crippen LogP contribution in [0.1, 0.15) is 26.7 Å². The van der Waals surface area contributed by atoms with E-state index >= 15 is 0 Å². The zero-order valence-corrected chi connectivity index (χ0v) is 11.0. The molecular formula is C12H27N3. The Morgan fingerprint density at radius 3 is 2.53 bits per heavy atom. The van der Waals surface area contributed by atoms with Gasteiger partial charge in [-0.2, -0.15) is 0 Å². The van der Waals surface area contributed by atoms with Crippen LogP contribution in [-0.4, -0.2) is 62.2 Å². The molecular weight excluding hydrogens is 186 g/mol. The van der Waals surface area contributed by atoms with E-state index in [2.05, 4.69) is 50.1 Å². The van der Waals surface area contributed by atoms with Crippen molar-refractivity contribution in [2.45, 2.75) is 44.8 Å². The van der Waals surface area contributed by atoms with E-state index in [0.717, 1.165) is 12.6 Å². The molecule has 15 heavy (non-hydrogen) atoms. The standard InChI is InChI=1S/C12H27N3/c1-6-12(14(3)4)8-13-11-7-10(2)15(5)9-11/h10-13H,6-9H2,1-5H3. The summed E-state index contributed by atoms with van der Waals surface area (Å²) in [5, 5.41) is 3.69. The summed E-state index contributed by atoms with van der Waals surface area (Å²) < 4.78 is 0. The predicted molar refractivity (Wildman–Crippen MR) is 66.3 cm³/mol.